The number of anilines is 1. The fraction of sp³-hybridized carbons (Fsp3) is 0.391. The Morgan fingerprint density at radius 1 is 1.39 bits per heavy atom. The lowest BCUT2D eigenvalue weighted by molar-refractivity contribution is -0.146. The number of aromatic nitrogens is 4. The Bertz CT molecular complexity index is 1310. The second-order valence-corrected chi connectivity index (χ2v) is 10.0. The number of carbonyl (C=O) groups excluding carboxylic acids is 1. The van der Waals surface area contributed by atoms with Crippen LogP contribution in [0.15, 0.2) is 36.7 Å². The lowest BCUT2D eigenvalue weighted by atomic mass is 10.0. The zero-order valence-corrected chi connectivity index (χ0v) is 19.6. The molecule has 0 spiro atoms. The summed E-state index contributed by atoms with van der Waals surface area (Å²) >= 11 is 1.55. The van der Waals surface area contributed by atoms with E-state index in [4.69, 9.17) is 9.72 Å². The van der Waals surface area contributed by atoms with E-state index in [-0.39, 0.29) is 12.0 Å². The average molecular weight is 467 g/mol. The minimum atomic E-state index is -1.40. The summed E-state index contributed by atoms with van der Waals surface area (Å²) in [5.41, 5.74) is 1.55. The molecule has 1 amide bonds. The molecule has 0 saturated carbocycles. The first-order valence-electron chi connectivity index (χ1n) is 10.8. The Labute approximate surface area is 195 Å². The van der Waals surface area contributed by atoms with Gasteiger partial charge >= 0.3 is 0 Å². The van der Waals surface area contributed by atoms with Crippen LogP contribution in [0.1, 0.15) is 30.4 Å². The van der Waals surface area contributed by atoms with Gasteiger partial charge in [-0.05, 0) is 31.5 Å². The van der Waals surface area contributed by atoms with Gasteiger partial charge in [0.15, 0.2) is 0 Å². The minimum absolute atomic E-state index is 0.0983. The van der Waals surface area contributed by atoms with Crippen molar-refractivity contribution in [3.05, 3.63) is 47.1 Å². The normalized spacial score (nSPS) is 17.1. The number of nitrogens with zero attached hydrogens (tertiary/aromatic N) is 5. The first-order chi connectivity index (χ1) is 15.8. The minimum Gasteiger partial charge on any atom is -0.381 e. The number of fused-ring (bicyclic) bond motifs is 2. The van der Waals surface area contributed by atoms with Crippen LogP contribution in [0.5, 0.6) is 0 Å². The number of aromatic amines is 1. The highest BCUT2D eigenvalue weighted by molar-refractivity contribution is 7.18. The van der Waals surface area contributed by atoms with Crippen molar-refractivity contribution in [1.29, 1.82) is 0 Å². The van der Waals surface area contributed by atoms with E-state index in [0.29, 0.717) is 32.2 Å². The second-order valence-electron chi connectivity index (χ2n) is 8.84. The number of H-pyrrole nitrogens is 1. The zero-order chi connectivity index (χ0) is 23.2. The molecule has 1 atom stereocenters. The van der Waals surface area contributed by atoms with Crippen molar-refractivity contribution in [3.8, 4) is 0 Å². The number of ether oxygens (including phenoxy) is 1. The van der Waals surface area contributed by atoms with E-state index in [1.807, 2.05) is 30.6 Å². The quantitative estimate of drug-likeness (QED) is 0.466. The Hall–Kier alpha value is -3.08. The first kappa shape index (κ1) is 21.7. The maximum Gasteiger partial charge on any atom is 0.254 e. The first-order valence-corrected chi connectivity index (χ1v) is 11.6. The van der Waals surface area contributed by atoms with E-state index in [1.165, 1.54) is 18.7 Å². The van der Waals surface area contributed by atoms with Crippen LogP contribution in [0.2, 0.25) is 0 Å². The van der Waals surface area contributed by atoms with E-state index in [2.05, 4.69) is 26.1 Å². The molecule has 5 rings (SSSR count). The fourth-order valence-corrected chi connectivity index (χ4v) is 5.20. The van der Waals surface area contributed by atoms with Gasteiger partial charge in [0.05, 0.1) is 47.8 Å². The maximum atomic E-state index is 12.3. The number of carbonyl (C=O) groups is 1. The van der Waals surface area contributed by atoms with Gasteiger partial charge < -0.3 is 19.6 Å². The number of nitrogens with one attached hydrogen (secondary N) is 1. The Balaban J connectivity index is 1.35. The number of amides is 1. The van der Waals surface area contributed by atoms with Crippen molar-refractivity contribution in [1.82, 2.24) is 25.1 Å². The Kier molecular flexibility index (Phi) is 5.51. The molecule has 3 aromatic heterocycles. The summed E-state index contributed by atoms with van der Waals surface area (Å²) in [5, 5.41) is 18.2. The summed E-state index contributed by atoms with van der Waals surface area (Å²) in [6.07, 6.45) is 3.58. The number of likely N-dealkylation sites (N-methyl/N-ethyl adjacent to an activating group) is 1. The number of thiophene rings is 1. The van der Waals surface area contributed by atoms with Gasteiger partial charge in [-0.2, -0.15) is 5.10 Å². The summed E-state index contributed by atoms with van der Waals surface area (Å²) in [5.74, 6) is 0.346. The lowest BCUT2D eigenvalue weighted by Crippen LogP contribution is -2.42. The molecule has 33 heavy (non-hydrogen) atoms. The molecular weight excluding hydrogens is 440 g/mol. The molecule has 172 valence electrons. The van der Waals surface area contributed by atoms with Crippen LogP contribution in [0, 0.1) is 0 Å². The van der Waals surface area contributed by atoms with Crippen LogP contribution in [0.4, 0.5) is 5.95 Å². The summed E-state index contributed by atoms with van der Waals surface area (Å²) in [7, 11) is 1.69. The molecule has 1 unspecified atom stereocenters. The Morgan fingerprint density at radius 2 is 2.24 bits per heavy atom. The van der Waals surface area contributed by atoms with E-state index in [1.54, 1.807) is 18.4 Å². The topological polar surface area (TPSA) is 107 Å². The maximum absolute atomic E-state index is 12.3. The molecule has 1 aliphatic rings. The third-order valence-electron chi connectivity index (χ3n) is 5.79. The van der Waals surface area contributed by atoms with Gasteiger partial charge in [-0.1, -0.05) is 12.1 Å². The average Bonchev–Trinajstić information content (AvgIpc) is 3.43. The van der Waals surface area contributed by atoms with Crippen molar-refractivity contribution < 1.29 is 14.6 Å². The molecule has 1 aliphatic heterocycles. The van der Waals surface area contributed by atoms with Crippen LogP contribution in [-0.2, 0) is 16.1 Å². The van der Waals surface area contributed by atoms with Gasteiger partial charge in [-0.25, -0.2) is 9.97 Å². The number of rotatable bonds is 5. The number of hydrogen-bond donors (Lipinski definition) is 2. The molecular formula is C23H26N6O3S. The van der Waals surface area contributed by atoms with Gasteiger partial charge in [-0.3, -0.25) is 9.89 Å². The molecule has 1 saturated heterocycles. The Morgan fingerprint density at radius 3 is 3.06 bits per heavy atom. The van der Waals surface area contributed by atoms with Gasteiger partial charge in [0.1, 0.15) is 11.7 Å². The van der Waals surface area contributed by atoms with Crippen LogP contribution in [-0.4, -0.2) is 68.4 Å². The van der Waals surface area contributed by atoms with Crippen molar-refractivity contribution in [3.63, 3.8) is 0 Å². The van der Waals surface area contributed by atoms with E-state index < -0.39 is 5.60 Å². The van der Waals surface area contributed by atoms with Crippen LogP contribution < -0.4 is 4.90 Å². The second kappa shape index (κ2) is 8.36. The summed E-state index contributed by atoms with van der Waals surface area (Å²) in [6, 6.07) is 8.08. The number of aliphatic hydroxyl groups is 1. The highest BCUT2D eigenvalue weighted by Crippen LogP contribution is 2.31. The van der Waals surface area contributed by atoms with Crippen molar-refractivity contribution in [2.45, 2.75) is 32.1 Å². The molecule has 0 radical (unpaired) electrons. The number of morpholine rings is 1. The van der Waals surface area contributed by atoms with Crippen molar-refractivity contribution in [2.24, 2.45) is 0 Å². The van der Waals surface area contributed by atoms with Gasteiger partial charge in [0.25, 0.3) is 5.91 Å². The third-order valence-corrected chi connectivity index (χ3v) is 6.83. The molecule has 1 aromatic carbocycles. The number of hydrogen-bond acceptors (Lipinski definition) is 8. The van der Waals surface area contributed by atoms with E-state index in [0.717, 1.165) is 31.6 Å². The molecule has 0 bridgehead atoms. The highest BCUT2D eigenvalue weighted by atomic mass is 32.1. The van der Waals surface area contributed by atoms with Crippen molar-refractivity contribution in [2.75, 3.05) is 31.6 Å². The molecule has 2 N–H and O–H groups in total. The molecule has 1 fully saturated rings. The van der Waals surface area contributed by atoms with Crippen LogP contribution in [0.25, 0.3) is 21.1 Å². The lowest BCUT2D eigenvalue weighted by Gasteiger charge is -2.33. The van der Waals surface area contributed by atoms with E-state index in [9.17, 15) is 9.90 Å². The largest absolute Gasteiger partial charge is 0.381 e. The van der Waals surface area contributed by atoms with Crippen LogP contribution >= 0.6 is 11.3 Å². The predicted octanol–water partition coefficient (Wildman–Crippen LogP) is 2.87. The van der Waals surface area contributed by atoms with E-state index >= 15 is 0 Å². The van der Waals surface area contributed by atoms with Gasteiger partial charge in [-0.15, -0.1) is 11.3 Å². The predicted molar refractivity (Wildman–Crippen MR) is 127 cm³/mol. The summed E-state index contributed by atoms with van der Waals surface area (Å²) < 4.78 is 7.05. The third kappa shape index (κ3) is 4.29. The fourth-order valence-electron chi connectivity index (χ4n) is 4.17. The molecule has 4 heterocycles. The highest BCUT2D eigenvalue weighted by Gasteiger charge is 2.28. The monoisotopic (exact) mass is 466 g/mol. The van der Waals surface area contributed by atoms with Gasteiger partial charge in [0, 0.05) is 23.9 Å². The number of benzene rings is 1. The standard InChI is InChI=1S/C23H26N6O3S/c1-23(2,31)21(30)28(3)12-14-9-18-20(33-14)11-24-22(26-18)29-7-8-32-19(13-29)15-5-4-6-17-16(15)10-25-27-17/h4-6,9-11,19,31H,7-8,12-13H2,1-3H3,(H,25,27). The molecule has 4 aromatic rings. The van der Waals surface area contributed by atoms with Gasteiger partial charge in [0.2, 0.25) is 5.95 Å². The van der Waals surface area contributed by atoms with Crippen molar-refractivity contribution >= 4 is 44.3 Å². The smallest absolute Gasteiger partial charge is 0.254 e. The molecule has 9 nitrogen and oxygen atoms in total. The summed E-state index contributed by atoms with van der Waals surface area (Å²) in [4.78, 5) is 26.4. The zero-order valence-electron chi connectivity index (χ0n) is 18.8. The molecule has 0 aliphatic carbocycles. The van der Waals surface area contributed by atoms with Crippen LogP contribution in [0.3, 0.4) is 0 Å². The SMILES string of the molecule is CN(Cc1cc2nc(N3CCOC(c4cccc5[nH]ncc45)C3)ncc2s1)C(=O)C(C)(C)O. The summed E-state index contributed by atoms with van der Waals surface area (Å²) in [6.45, 7) is 5.35. The molecule has 10 heteroatoms.